The topological polar surface area (TPSA) is 94.8 Å². The fourth-order valence-corrected chi connectivity index (χ4v) is 2.83. The molecule has 0 aliphatic rings. The van der Waals surface area contributed by atoms with Gasteiger partial charge in [-0.1, -0.05) is 13.3 Å². The summed E-state index contributed by atoms with van der Waals surface area (Å²) in [6.45, 7) is 10.5. The Bertz CT molecular complexity index is 954. The van der Waals surface area contributed by atoms with Crippen molar-refractivity contribution >= 4 is 23.0 Å². The summed E-state index contributed by atoms with van der Waals surface area (Å²) in [7, 11) is 0. The van der Waals surface area contributed by atoms with Crippen LogP contribution in [0.1, 0.15) is 58.6 Å². The number of carbonyl (C=O) groups excluding carboxylic acids is 2. The molecule has 2 rings (SSSR count). The molecule has 29 heavy (non-hydrogen) atoms. The molecule has 1 heterocycles. The molecular weight excluding hydrogens is 374 g/mol. The molecule has 1 aromatic carbocycles. The van der Waals surface area contributed by atoms with Crippen LogP contribution in [0.15, 0.2) is 27.4 Å². The molecule has 0 saturated heterocycles. The van der Waals surface area contributed by atoms with Crippen LogP contribution in [0.4, 0.5) is 4.79 Å². The van der Waals surface area contributed by atoms with Crippen molar-refractivity contribution in [1.29, 1.82) is 0 Å². The summed E-state index contributed by atoms with van der Waals surface area (Å²) in [5.74, 6) is -0.376. The molecule has 0 unspecified atom stereocenters. The van der Waals surface area contributed by atoms with E-state index in [1.54, 1.807) is 39.8 Å². The Morgan fingerprint density at radius 2 is 1.93 bits per heavy atom. The Labute approximate surface area is 170 Å². The molecule has 2 aromatic rings. The minimum Gasteiger partial charge on any atom is -0.444 e. The molecule has 1 amide bonds. The summed E-state index contributed by atoms with van der Waals surface area (Å²) >= 11 is 0. The standard InChI is InChI=1S/C22H29NO6/c1-7-8-9-15-12-18(24)28-19-13(2)17(11-10-16(15)19)27-20(25)14(3)23-21(26)29-22(4,5)6/h10-12,14H,7-9H2,1-6H3,(H,23,26)/t14-/m1/s1. The monoisotopic (exact) mass is 403 g/mol. The zero-order valence-corrected chi connectivity index (χ0v) is 17.9. The molecule has 0 radical (unpaired) electrons. The number of aryl methyl sites for hydroxylation is 2. The van der Waals surface area contributed by atoms with Crippen LogP contribution in [0.2, 0.25) is 0 Å². The Kier molecular flexibility index (Phi) is 7.06. The van der Waals surface area contributed by atoms with Gasteiger partial charge in [-0.25, -0.2) is 14.4 Å². The van der Waals surface area contributed by atoms with E-state index in [-0.39, 0.29) is 5.75 Å². The number of esters is 1. The van der Waals surface area contributed by atoms with Crippen molar-refractivity contribution in [3.05, 3.63) is 39.7 Å². The normalized spacial score (nSPS) is 12.5. The average molecular weight is 403 g/mol. The van der Waals surface area contributed by atoms with Crippen LogP contribution in [-0.2, 0) is 16.0 Å². The van der Waals surface area contributed by atoms with Crippen LogP contribution in [0.3, 0.4) is 0 Å². The Morgan fingerprint density at radius 1 is 1.24 bits per heavy atom. The van der Waals surface area contributed by atoms with Gasteiger partial charge in [0, 0.05) is 17.0 Å². The van der Waals surface area contributed by atoms with E-state index in [1.807, 2.05) is 0 Å². The Morgan fingerprint density at radius 3 is 2.55 bits per heavy atom. The molecule has 0 fully saturated rings. The van der Waals surface area contributed by atoms with Crippen LogP contribution < -0.4 is 15.7 Å². The maximum absolute atomic E-state index is 12.4. The van der Waals surface area contributed by atoms with Gasteiger partial charge in [0.25, 0.3) is 0 Å². The first kappa shape index (κ1) is 22.5. The second-order valence-corrected chi connectivity index (χ2v) is 8.05. The van der Waals surface area contributed by atoms with Crippen LogP contribution in [-0.4, -0.2) is 23.7 Å². The zero-order valence-electron chi connectivity index (χ0n) is 17.9. The van der Waals surface area contributed by atoms with Gasteiger partial charge in [0.2, 0.25) is 0 Å². The molecule has 0 saturated carbocycles. The number of carbonyl (C=O) groups is 2. The van der Waals surface area contributed by atoms with Crippen molar-refractivity contribution in [2.75, 3.05) is 0 Å². The van der Waals surface area contributed by atoms with Gasteiger partial charge in [-0.15, -0.1) is 0 Å². The second kappa shape index (κ2) is 9.11. The van der Waals surface area contributed by atoms with Gasteiger partial charge in [0.1, 0.15) is 23.0 Å². The number of nitrogens with one attached hydrogen (secondary N) is 1. The van der Waals surface area contributed by atoms with Gasteiger partial charge in [0.05, 0.1) is 0 Å². The van der Waals surface area contributed by atoms with Gasteiger partial charge in [-0.2, -0.15) is 0 Å². The van der Waals surface area contributed by atoms with E-state index in [4.69, 9.17) is 13.9 Å². The summed E-state index contributed by atoms with van der Waals surface area (Å²) in [6.07, 6.45) is 2.04. The lowest BCUT2D eigenvalue weighted by Gasteiger charge is -2.21. The van der Waals surface area contributed by atoms with Gasteiger partial charge in [0.15, 0.2) is 0 Å². The van der Waals surface area contributed by atoms with E-state index in [0.717, 1.165) is 30.2 Å². The largest absolute Gasteiger partial charge is 0.444 e. The molecule has 0 bridgehead atoms. The zero-order chi connectivity index (χ0) is 21.8. The van der Waals surface area contributed by atoms with E-state index in [1.165, 1.54) is 13.0 Å². The molecular formula is C22H29NO6. The molecule has 7 nitrogen and oxygen atoms in total. The van der Waals surface area contributed by atoms with Crippen molar-refractivity contribution in [3.63, 3.8) is 0 Å². The predicted molar refractivity (Wildman–Crippen MR) is 110 cm³/mol. The van der Waals surface area contributed by atoms with Crippen LogP contribution in [0.5, 0.6) is 5.75 Å². The van der Waals surface area contributed by atoms with E-state index in [2.05, 4.69) is 12.2 Å². The van der Waals surface area contributed by atoms with Crippen molar-refractivity contribution < 1.29 is 23.5 Å². The quantitative estimate of drug-likeness (QED) is 0.440. The maximum Gasteiger partial charge on any atom is 0.408 e. The van der Waals surface area contributed by atoms with E-state index in [0.29, 0.717) is 11.1 Å². The summed E-state index contributed by atoms with van der Waals surface area (Å²) in [5.41, 5.74) is 0.766. The van der Waals surface area contributed by atoms with E-state index < -0.39 is 29.3 Å². The van der Waals surface area contributed by atoms with Gasteiger partial charge in [-0.3, -0.25) is 0 Å². The first-order chi connectivity index (χ1) is 13.5. The highest BCUT2D eigenvalue weighted by Crippen LogP contribution is 2.29. The molecule has 0 spiro atoms. The van der Waals surface area contributed by atoms with Gasteiger partial charge >= 0.3 is 17.7 Å². The summed E-state index contributed by atoms with van der Waals surface area (Å²) in [5, 5.41) is 3.27. The van der Waals surface area contributed by atoms with E-state index >= 15 is 0 Å². The SMILES string of the molecule is CCCCc1cc(=O)oc2c(C)c(OC(=O)[C@@H](C)NC(=O)OC(C)(C)C)ccc12. The Hall–Kier alpha value is -2.83. The lowest BCUT2D eigenvalue weighted by atomic mass is 10.0. The van der Waals surface area contributed by atoms with Crippen LogP contribution in [0.25, 0.3) is 11.0 Å². The minimum atomic E-state index is -0.914. The highest BCUT2D eigenvalue weighted by molar-refractivity contribution is 5.87. The first-order valence-corrected chi connectivity index (χ1v) is 9.79. The molecule has 7 heteroatoms. The number of hydrogen-bond donors (Lipinski definition) is 1. The molecule has 1 aromatic heterocycles. The summed E-state index contributed by atoms with van der Waals surface area (Å²) in [6, 6.07) is 4.05. The summed E-state index contributed by atoms with van der Waals surface area (Å²) in [4.78, 5) is 36.2. The third-order valence-electron chi connectivity index (χ3n) is 4.29. The summed E-state index contributed by atoms with van der Waals surface area (Å²) < 4.78 is 16.0. The lowest BCUT2D eigenvalue weighted by molar-refractivity contribution is -0.136. The number of alkyl carbamates (subject to hydrolysis) is 1. The third-order valence-corrected chi connectivity index (χ3v) is 4.29. The second-order valence-electron chi connectivity index (χ2n) is 8.05. The number of ether oxygens (including phenoxy) is 2. The third kappa shape index (κ3) is 6.07. The van der Waals surface area contributed by atoms with Crippen LogP contribution >= 0.6 is 0 Å². The minimum absolute atomic E-state index is 0.274. The fourth-order valence-electron chi connectivity index (χ4n) is 2.83. The first-order valence-electron chi connectivity index (χ1n) is 9.79. The number of hydrogen-bond acceptors (Lipinski definition) is 6. The van der Waals surface area contributed by atoms with Crippen LogP contribution in [0, 0.1) is 6.92 Å². The average Bonchev–Trinajstić information content (AvgIpc) is 2.60. The van der Waals surface area contributed by atoms with Crippen molar-refractivity contribution in [2.24, 2.45) is 0 Å². The number of amides is 1. The number of unbranched alkanes of at least 4 members (excludes halogenated alkanes) is 1. The maximum atomic E-state index is 12.4. The highest BCUT2D eigenvalue weighted by atomic mass is 16.6. The smallest absolute Gasteiger partial charge is 0.408 e. The number of fused-ring (bicyclic) bond motifs is 1. The Balaban J connectivity index is 2.21. The van der Waals surface area contributed by atoms with Crippen molar-refractivity contribution in [1.82, 2.24) is 5.32 Å². The molecule has 1 N–H and O–H groups in total. The lowest BCUT2D eigenvalue weighted by Crippen LogP contribution is -2.43. The molecule has 0 aliphatic heterocycles. The van der Waals surface area contributed by atoms with Gasteiger partial charge in [-0.05, 0) is 65.2 Å². The van der Waals surface area contributed by atoms with Crippen molar-refractivity contribution in [2.45, 2.75) is 72.4 Å². The highest BCUT2D eigenvalue weighted by Gasteiger charge is 2.23. The molecule has 1 atom stereocenters. The van der Waals surface area contributed by atoms with Gasteiger partial charge < -0.3 is 19.2 Å². The van der Waals surface area contributed by atoms with E-state index in [9.17, 15) is 14.4 Å². The number of rotatable bonds is 6. The fraction of sp³-hybridized carbons (Fsp3) is 0.500. The number of benzene rings is 1. The van der Waals surface area contributed by atoms with Crippen molar-refractivity contribution in [3.8, 4) is 5.75 Å². The molecule has 158 valence electrons. The molecule has 0 aliphatic carbocycles. The predicted octanol–water partition coefficient (Wildman–Crippen LogP) is 4.26.